The van der Waals surface area contributed by atoms with Gasteiger partial charge >= 0.3 is 0 Å². The standard InChI is InChI=1S/C39H26N2/c1-39(2)30-17-8-6-13-24(30)28-21-29-25-15-10-16-27-37-34(41(38(25)27)35(29)22-31(28)39)20-19-33-36(37)26-14-7-9-18-32(26)40(33)23-11-4-3-5-12-23/h3-22H,1-2H3. The average Bonchev–Trinajstić information content (AvgIpc) is 3.70. The highest BCUT2D eigenvalue weighted by atomic mass is 15.0. The van der Waals surface area contributed by atoms with Crippen molar-refractivity contribution in [1.82, 2.24) is 8.97 Å². The number of nitrogens with zero attached hydrogens (tertiary/aromatic N) is 2. The number of fused-ring (bicyclic) bond motifs is 13. The largest absolute Gasteiger partial charge is 0.309 e. The van der Waals surface area contributed by atoms with Crippen molar-refractivity contribution in [2.24, 2.45) is 0 Å². The molecule has 0 unspecified atom stereocenters. The van der Waals surface area contributed by atoms with E-state index in [2.05, 4.69) is 144 Å². The Hall–Kier alpha value is -5.08. The van der Waals surface area contributed by atoms with Crippen molar-refractivity contribution < 1.29 is 0 Å². The summed E-state index contributed by atoms with van der Waals surface area (Å²) in [6.45, 7) is 4.75. The molecule has 0 bridgehead atoms. The Bertz CT molecular complexity index is 2540. The van der Waals surface area contributed by atoms with Gasteiger partial charge in [-0.15, -0.1) is 0 Å². The number of rotatable bonds is 1. The van der Waals surface area contributed by atoms with Crippen LogP contribution in [0, 0.1) is 0 Å². The fourth-order valence-electron chi connectivity index (χ4n) is 8.07. The van der Waals surface area contributed by atoms with Crippen molar-refractivity contribution in [2.45, 2.75) is 19.3 Å². The lowest BCUT2D eigenvalue weighted by Gasteiger charge is -2.21. The highest BCUT2D eigenvalue weighted by Crippen LogP contribution is 2.52. The molecule has 1 aliphatic carbocycles. The van der Waals surface area contributed by atoms with Crippen molar-refractivity contribution in [3.8, 4) is 16.8 Å². The van der Waals surface area contributed by atoms with Crippen molar-refractivity contribution in [3.63, 3.8) is 0 Å². The summed E-state index contributed by atoms with van der Waals surface area (Å²) in [4.78, 5) is 0. The topological polar surface area (TPSA) is 9.34 Å². The van der Waals surface area contributed by atoms with E-state index in [1.165, 1.54) is 87.8 Å². The van der Waals surface area contributed by atoms with E-state index in [-0.39, 0.29) is 5.41 Å². The summed E-state index contributed by atoms with van der Waals surface area (Å²) in [5.41, 5.74) is 13.2. The lowest BCUT2D eigenvalue weighted by atomic mass is 9.82. The minimum Gasteiger partial charge on any atom is -0.309 e. The first-order chi connectivity index (χ1) is 20.1. The van der Waals surface area contributed by atoms with Crippen LogP contribution < -0.4 is 0 Å². The monoisotopic (exact) mass is 522 g/mol. The molecule has 3 heterocycles. The Morgan fingerprint density at radius 3 is 2.07 bits per heavy atom. The van der Waals surface area contributed by atoms with Gasteiger partial charge in [-0.1, -0.05) is 92.7 Å². The zero-order valence-corrected chi connectivity index (χ0v) is 22.9. The van der Waals surface area contributed by atoms with E-state index in [1.807, 2.05) is 0 Å². The van der Waals surface area contributed by atoms with Crippen LogP contribution in [0.5, 0.6) is 0 Å². The van der Waals surface area contributed by atoms with Crippen LogP contribution in [0.1, 0.15) is 25.0 Å². The van der Waals surface area contributed by atoms with Crippen LogP contribution in [-0.2, 0) is 5.41 Å². The van der Waals surface area contributed by atoms with Gasteiger partial charge < -0.3 is 8.97 Å². The molecule has 41 heavy (non-hydrogen) atoms. The molecule has 0 fully saturated rings. The number of aromatic nitrogens is 2. The molecule has 0 radical (unpaired) electrons. The van der Waals surface area contributed by atoms with Crippen LogP contribution in [0.2, 0.25) is 0 Å². The summed E-state index contributed by atoms with van der Waals surface area (Å²) in [5, 5.41) is 7.98. The van der Waals surface area contributed by atoms with Gasteiger partial charge in [0.25, 0.3) is 0 Å². The van der Waals surface area contributed by atoms with E-state index >= 15 is 0 Å². The van der Waals surface area contributed by atoms with Gasteiger partial charge in [0.1, 0.15) is 0 Å². The average molecular weight is 523 g/mol. The van der Waals surface area contributed by atoms with Crippen molar-refractivity contribution in [2.75, 3.05) is 0 Å². The van der Waals surface area contributed by atoms with Gasteiger partial charge in [0, 0.05) is 43.4 Å². The third-order valence-electron chi connectivity index (χ3n) is 9.83. The second-order valence-corrected chi connectivity index (χ2v) is 12.2. The van der Waals surface area contributed by atoms with E-state index in [9.17, 15) is 0 Å². The molecule has 0 spiro atoms. The maximum Gasteiger partial charge on any atom is 0.0620 e. The Balaban J connectivity index is 1.41. The highest BCUT2D eigenvalue weighted by Gasteiger charge is 2.36. The predicted octanol–water partition coefficient (Wildman–Crippen LogP) is 10.2. The Labute approximate surface area is 237 Å². The molecule has 10 rings (SSSR count). The molecule has 0 atom stereocenters. The number of hydrogen-bond acceptors (Lipinski definition) is 0. The van der Waals surface area contributed by atoms with Crippen LogP contribution in [0.25, 0.3) is 76.7 Å². The van der Waals surface area contributed by atoms with Gasteiger partial charge in [-0.05, 0) is 64.7 Å². The lowest BCUT2D eigenvalue weighted by Crippen LogP contribution is -2.14. The molecule has 3 aromatic heterocycles. The summed E-state index contributed by atoms with van der Waals surface area (Å²) in [6.07, 6.45) is 0. The second-order valence-electron chi connectivity index (χ2n) is 12.2. The summed E-state index contributed by atoms with van der Waals surface area (Å²) in [6, 6.07) is 45.1. The molecule has 2 heteroatoms. The van der Waals surface area contributed by atoms with Crippen molar-refractivity contribution >= 4 is 59.9 Å². The normalized spacial score (nSPS) is 14.3. The fraction of sp³-hybridized carbons (Fsp3) is 0.0769. The SMILES string of the molecule is CC1(C)c2ccccc2-c2cc3c4cccc5c6c7c8ccccc8n(-c8ccccc8)c7ccc6n(c3cc21)c45. The molecule has 6 aromatic carbocycles. The zero-order chi connectivity index (χ0) is 27.0. The quantitative estimate of drug-likeness (QED) is 0.203. The molecule has 0 saturated heterocycles. The van der Waals surface area contributed by atoms with Crippen LogP contribution in [0.15, 0.2) is 121 Å². The third-order valence-corrected chi connectivity index (χ3v) is 9.83. The molecule has 192 valence electrons. The molecule has 1 aliphatic rings. The lowest BCUT2D eigenvalue weighted by molar-refractivity contribution is 0.661. The first kappa shape index (κ1) is 21.7. The van der Waals surface area contributed by atoms with Crippen LogP contribution >= 0.6 is 0 Å². The third kappa shape index (κ3) is 2.46. The van der Waals surface area contributed by atoms with Gasteiger partial charge in [-0.3, -0.25) is 0 Å². The second kappa shape index (κ2) is 7.16. The number of benzene rings is 6. The van der Waals surface area contributed by atoms with Gasteiger partial charge in [0.15, 0.2) is 0 Å². The van der Waals surface area contributed by atoms with Crippen molar-refractivity contribution in [3.05, 3.63) is 132 Å². The van der Waals surface area contributed by atoms with Crippen LogP contribution in [0.4, 0.5) is 0 Å². The van der Waals surface area contributed by atoms with Gasteiger partial charge in [0.05, 0.1) is 27.6 Å². The van der Waals surface area contributed by atoms with E-state index in [0.717, 1.165) is 0 Å². The smallest absolute Gasteiger partial charge is 0.0620 e. The van der Waals surface area contributed by atoms with E-state index in [1.54, 1.807) is 0 Å². The minimum absolute atomic E-state index is 0.0336. The number of hydrogen-bond donors (Lipinski definition) is 0. The van der Waals surface area contributed by atoms with Crippen LogP contribution in [0.3, 0.4) is 0 Å². The Morgan fingerprint density at radius 1 is 0.463 bits per heavy atom. The first-order valence-corrected chi connectivity index (χ1v) is 14.5. The molecule has 0 N–H and O–H groups in total. The maximum atomic E-state index is 2.54. The van der Waals surface area contributed by atoms with Gasteiger partial charge in [-0.25, -0.2) is 0 Å². The fourth-order valence-corrected chi connectivity index (χ4v) is 8.07. The summed E-state index contributed by atoms with van der Waals surface area (Å²) < 4.78 is 4.96. The summed E-state index contributed by atoms with van der Waals surface area (Å²) in [5.74, 6) is 0. The molecule has 0 amide bonds. The molecule has 0 aliphatic heterocycles. The summed E-state index contributed by atoms with van der Waals surface area (Å²) in [7, 11) is 0. The predicted molar refractivity (Wildman–Crippen MR) is 173 cm³/mol. The van der Waals surface area contributed by atoms with E-state index in [4.69, 9.17) is 0 Å². The number of para-hydroxylation sites is 3. The highest BCUT2D eigenvalue weighted by molar-refractivity contribution is 6.33. The maximum absolute atomic E-state index is 2.54. The Morgan fingerprint density at radius 2 is 1.17 bits per heavy atom. The molecular formula is C39H26N2. The molecule has 2 nitrogen and oxygen atoms in total. The Kier molecular flexibility index (Phi) is 3.79. The van der Waals surface area contributed by atoms with Crippen LogP contribution in [-0.4, -0.2) is 8.97 Å². The first-order valence-electron chi connectivity index (χ1n) is 14.5. The molecule has 0 saturated carbocycles. The molecular weight excluding hydrogens is 496 g/mol. The van der Waals surface area contributed by atoms with Gasteiger partial charge in [-0.2, -0.15) is 0 Å². The summed E-state index contributed by atoms with van der Waals surface area (Å²) >= 11 is 0. The van der Waals surface area contributed by atoms with Crippen molar-refractivity contribution in [1.29, 1.82) is 0 Å². The molecule has 9 aromatic rings. The van der Waals surface area contributed by atoms with E-state index in [0.29, 0.717) is 0 Å². The van der Waals surface area contributed by atoms with E-state index < -0.39 is 0 Å². The zero-order valence-electron chi connectivity index (χ0n) is 22.9. The minimum atomic E-state index is -0.0336. The van der Waals surface area contributed by atoms with Gasteiger partial charge in [0.2, 0.25) is 0 Å².